The molecule has 1 aliphatic rings. The molecule has 2 rings (SSSR count). The molecule has 1 fully saturated rings. The summed E-state index contributed by atoms with van der Waals surface area (Å²) in [5.41, 5.74) is -0.443. The standard InChI is InChI=1S/C16H24FN3O/c1-3-4-14(21)16(17)6-9-20(10-7-16)12-13-5-8-19-15(11-13)18-2/h5,8,11H,3-4,6-7,9-10,12H2,1-2H3,(H,18,19). The molecule has 0 saturated carbocycles. The highest BCUT2D eigenvalue weighted by atomic mass is 19.1. The minimum Gasteiger partial charge on any atom is -0.373 e. The molecule has 1 aromatic heterocycles. The lowest BCUT2D eigenvalue weighted by molar-refractivity contribution is -0.133. The van der Waals surface area contributed by atoms with Crippen LogP contribution in [0.2, 0.25) is 0 Å². The van der Waals surface area contributed by atoms with Gasteiger partial charge in [-0.1, -0.05) is 6.92 Å². The van der Waals surface area contributed by atoms with Crippen molar-refractivity contribution in [1.29, 1.82) is 0 Å². The predicted octanol–water partition coefficient (Wildman–Crippen LogP) is 2.80. The van der Waals surface area contributed by atoms with Crippen molar-refractivity contribution >= 4 is 11.6 Å². The van der Waals surface area contributed by atoms with Crippen molar-refractivity contribution in [3.8, 4) is 0 Å². The molecule has 2 heterocycles. The minimum absolute atomic E-state index is 0.217. The first-order valence-electron chi connectivity index (χ1n) is 7.64. The minimum atomic E-state index is -1.60. The first kappa shape index (κ1) is 15.9. The van der Waals surface area contributed by atoms with Gasteiger partial charge in [-0.2, -0.15) is 0 Å². The number of pyridine rings is 1. The second-order valence-corrected chi connectivity index (χ2v) is 5.71. The van der Waals surface area contributed by atoms with Crippen molar-refractivity contribution in [2.75, 3.05) is 25.5 Å². The third-order valence-corrected chi connectivity index (χ3v) is 4.11. The van der Waals surface area contributed by atoms with E-state index in [1.54, 1.807) is 6.20 Å². The fraction of sp³-hybridized carbons (Fsp3) is 0.625. The number of carbonyl (C=O) groups is 1. The van der Waals surface area contributed by atoms with Crippen molar-refractivity contribution in [1.82, 2.24) is 9.88 Å². The van der Waals surface area contributed by atoms with E-state index in [1.807, 2.05) is 26.1 Å². The third-order valence-electron chi connectivity index (χ3n) is 4.11. The van der Waals surface area contributed by atoms with Crippen LogP contribution in [0.3, 0.4) is 0 Å². The van der Waals surface area contributed by atoms with E-state index in [4.69, 9.17) is 0 Å². The molecular formula is C16H24FN3O. The van der Waals surface area contributed by atoms with Gasteiger partial charge in [0.25, 0.3) is 0 Å². The zero-order valence-electron chi connectivity index (χ0n) is 12.9. The van der Waals surface area contributed by atoms with Crippen LogP contribution in [-0.4, -0.2) is 41.5 Å². The molecule has 0 unspecified atom stereocenters. The number of anilines is 1. The van der Waals surface area contributed by atoms with Crippen LogP contribution in [0.1, 0.15) is 38.2 Å². The van der Waals surface area contributed by atoms with Crippen LogP contribution < -0.4 is 5.32 Å². The zero-order chi connectivity index (χ0) is 15.3. The number of likely N-dealkylation sites (tertiary alicyclic amines) is 1. The Hall–Kier alpha value is -1.49. The summed E-state index contributed by atoms with van der Waals surface area (Å²) < 4.78 is 14.6. The average Bonchev–Trinajstić information content (AvgIpc) is 2.50. The average molecular weight is 293 g/mol. The number of nitrogens with zero attached hydrogens (tertiary/aromatic N) is 2. The molecule has 0 aliphatic carbocycles. The second kappa shape index (κ2) is 6.98. The molecule has 1 saturated heterocycles. The first-order valence-corrected chi connectivity index (χ1v) is 7.64. The Bertz CT molecular complexity index is 484. The number of hydrogen-bond donors (Lipinski definition) is 1. The smallest absolute Gasteiger partial charge is 0.171 e. The van der Waals surface area contributed by atoms with Gasteiger partial charge in [0.2, 0.25) is 0 Å². The number of piperidine rings is 1. The van der Waals surface area contributed by atoms with Gasteiger partial charge in [-0.15, -0.1) is 0 Å². The van der Waals surface area contributed by atoms with E-state index in [2.05, 4.69) is 15.2 Å². The molecule has 116 valence electrons. The lowest BCUT2D eigenvalue weighted by atomic mass is 9.87. The van der Waals surface area contributed by atoms with Gasteiger partial charge in [-0.25, -0.2) is 9.37 Å². The van der Waals surface area contributed by atoms with Crippen molar-refractivity contribution in [3.63, 3.8) is 0 Å². The number of alkyl halides is 1. The Balaban J connectivity index is 1.90. The van der Waals surface area contributed by atoms with Crippen LogP contribution >= 0.6 is 0 Å². The van der Waals surface area contributed by atoms with Gasteiger partial charge in [0.1, 0.15) is 5.82 Å². The molecule has 0 bridgehead atoms. The SMILES string of the molecule is CCCC(=O)C1(F)CCN(Cc2ccnc(NC)c2)CC1. The summed E-state index contributed by atoms with van der Waals surface area (Å²) >= 11 is 0. The summed E-state index contributed by atoms with van der Waals surface area (Å²) in [6.45, 7) is 3.95. The van der Waals surface area contributed by atoms with Crippen LogP contribution in [0.25, 0.3) is 0 Å². The molecule has 5 heteroatoms. The van der Waals surface area contributed by atoms with E-state index in [1.165, 1.54) is 0 Å². The largest absolute Gasteiger partial charge is 0.373 e. The molecular weight excluding hydrogens is 269 g/mol. The number of aromatic nitrogens is 1. The van der Waals surface area contributed by atoms with Crippen LogP contribution in [0.5, 0.6) is 0 Å². The Morgan fingerprint density at radius 1 is 1.48 bits per heavy atom. The topological polar surface area (TPSA) is 45.2 Å². The summed E-state index contributed by atoms with van der Waals surface area (Å²) in [5, 5.41) is 3.01. The van der Waals surface area contributed by atoms with Gasteiger partial charge >= 0.3 is 0 Å². The quantitative estimate of drug-likeness (QED) is 0.876. The Kier molecular flexibility index (Phi) is 5.28. The lowest BCUT2D eigenvalue weighted by Gasteiger charge is -2.35. The first-order chi connectivity index (χ1) is 10.1. The monoisotopic (exact) mass is 293 g/mol. The fourth-order valence-electron chi connectivity index (χ4n) is 2.76. The van der Waals surface area contributed by atoms with Gasteiger partial charge in [0, 0.05) is 52.1 Å². The van der Waals surface area contributed by atoms with Gasteiger partial charge in [-0.05, 0) is 24.1 Å². The van der Waals surface area contributed by atoms with Crippen molar-refractivity contribution in [3.05, 3.63) is 23.9 Å². The molecule has 4 nitrogen and oxygen atoms in total. The highest BCUT2D eigenvalue weighted by Gasteiger charge is 2.40. The van der Waals surface area contributed by atoms with Gasteiger partial charge in [0.05, 0.1) is 0 Å². The van der Waals surface area contributed by atoms with E-state index in [-0.39, 0.29) is 5.78 Å². The highest BCUT2D eigenvalue weighted by Crippen LogP contribution is 2.29. The third kappa shape index (κ3) is 4.00. The molecule has 1 aromatic rings. The maximum Gasteiger partial charge on any atom is 0.171 e. The number of nitrogens with one attached hydrogen (secondary N) is 1. The zero-order valence-corrected chi connectivity index (χ0v) is 12.9. The number of halogens is 1. The van der Waals surface area contributed by atoms with Crippen molar-refractivity contribution in [2.24, 2.45) is 0 Å². The normalized spacial score (nSPS) is 18.4. The molecule has 21 heavy (non-hydrogen) atoms. The maximum atomic E-state index is 14.6. The van der Waals surface area contributed by atoms with Crippen molar-refractivity contribution < 1.29 is 9.18 Å². The Morgan fingerprint density at radius 2 is 2.19 bits per heavy atom. The van der Waals surface area contributed by atoms with Gasteiger partial charge < -0.3 is 5.32 Å². The second-order valence-electron chi connectivity index (χ2n) is 5.71. The highest BCUT2D eigenvalue weighted by molar-refractivity contribution is 5.87. The molecule has 0 spiro atoms. The molecule has 0 radical (unpaired) electrons. The predicted molar refractivity (Wildman–Crippen MR) is 82.0 cm³/mol. The number of rotatable bonds is 6. The summed E-state index contributed by atoms with van der Waals surface area (Å²) in [6, 6.07) is 3.97. The molecule has 1 N–H and O–H groups in total. The number of Topliss-reactive ketones (excluding diaryl/α,β-unsaturated/α-hetero) is 1. The summed E-state index contributed by atoms with van der Waals surface area (Å²) in [6.07, 6.45) is 3.48. The molecule has 1 aliphatic heterocycles. The van der Waals surface area contributed by atoms with Gasteiger partial charge in [-0.3, -0.25) is 9.69 Å². The number of carbonyl (C=O) groups excluding carboxylic acids is 1. The van der Waals surface area contributed by atoms with E-state index in [0.29, 0.717) is 32.4 Å². The molecule has 0 atom stereocenters. The number of ketones is 1. The van der Waals surface area contributed by atoms with Crippen LogP contribution in [-0.2, 0) is 11.3 Å². The molecule has 0 aromatic carbocycles. The number of hydrogen-bond acceptors (Lipinski definition) is 4. The summed E-state index contributed by atoms with van der Waals surface area (Å²) in [4.78, 5) is 18.2. The summed E-state index contributed by atoms with van der Waals surface area (Å²) in [5.74, 6) is 0.619. The van der Waals surface area contributed by atoms with Crippen LogP contribution in [0, 0.1) is 0 Å². The Labute approximate surface area is 125 Å². The van der Waals surface area contributed by atoms with Gasteiger partial charge in [0.15, 0.2) is 11.5 Å². The lowest BCUT2D eigenvalue weighted by Crippen LogP contribution is -2.46. The van der Waals surface area contributed by atoms with E-state index in [9.17, 15) is 9.18 Å². The maximum absolute atomic E-state index is 14.6. The van der Waals surface area contributed by atoms with Crippen LogP contribution in [0.15, 0.2) is 18.3 Å². The Morgan fingerprint density at radius 3 is 2.81 bits per heavy atom. The fourth-order valence-corrected chi connectivity index (χ4v) is 2.76. The summed E-state index contributed by atoms with van der Waals surface area (Å²) in [7, 11) is 1.84. The van der Waals surface area contributed by atoms with Crippen molar-refractivity contribution in [2.45, 2.75) is 44.8 Å². The van der Waals surface area contributed by atoms with E-state index in [0.717, 1.165) is 24.3 Å². The molecule has 0 amide bonds. The van der Waals surface area contributed by atoms with E-state index >= 15 is 0 Å². The van der Waals surface area contributed by atoms with E-state index < -0.39 is 5.67 Å². The van der Waals surface area contributed by atoms with Crippen LogP contribution in [0.4, 0.5) is 10.2 Å².